The summed E-state index contributed by atoms with van der Waals surface area (Å²) in [4.78, 5) is 26.3. The van der Waals surface area contributed by atoms with Crippen LogP contribution in [0.3, 0.4) is 0 Å². The number of hydrogen-bond acceptors (Lipinski definition) is 4. The van der Waals surface area contributed by atoms with Gasteiger partial charge in [0, 0.05) is 6.92 Å². The minimum absolute atomic E-state index is 0.0747. The summed E-state index contributed by atoms with van der Waals surface area (Å²) < 4.78 is 70.1. The number of halogens is 5. The number of ether oxygens (including phenoxy) is 1. The molecular formula is C14H7F5N2O3. The quantitative estimate of drug-likeness (QED) is 0.305. The highest BCUT2D eigenvalue weighted by molar-refractivity contribution is 5.91. The molecule has 1 aromatic heterocycles. The van der Waals surface area contributed by atoms with Crippen molar-refractivity contribution in [2.45, 2.75) is 6.92 Å². The Hall–Kier alpha value is -3.04. The van der Waals surface area contributed by atoms with Gasteiger partial charge in [-0.1, -0.05) is 6.07 Å². The average molecular weight is 346 g/mol. The standard InChI is InChI=1S/C14H7F5N2O3/c1-5(22)20-7-4-2-3-6(21-7)14(23)24-13-11(18)9(16)8(15)10(17)12(13)19/h2-4H,1H3,(H,20,21,22). The van der Waals surface area contributed by atoms with Crippen molar-refractivity contribution >= 4 is 17.7 Å². The largest absolute Gasteiger partial charge is 0.415 e. The SMILES string of the molecule is CC(=O)Nc1cccc(C(=O)Oc2c(F)c(F)c(F)c(F)c2F)n1. The Bertz CT molecular complexity index is 812. The summed E-state index contributed by atoms with van der Waals surface area (Å²) >= 11 is 0. The van der Waals surface area contributed by atoms with Crippen molar-refractivity contribution in [3.8, 4) is 5.75 Å². The van der Waals surface area contributed by atoms with Gasteiger partial charge in [-0.25, -0.2) is 22.9 Å². The third-order valence-electron chi connectivity index (χ3n) is 2.63. The van der Waals surface area contributed by atoms with Crippen molar-refractivity contribution < 1.29 is 36.3 Å². The van der Waals surface area contributed by atoms with Crippen LogP contribution < -0.4 is 10.1 Å². The van der Waals surface area contributed by atoms with Gasteiger partial charge in [0.15, 0.2) is 5.69 Å². The second-order valence-electron chi connectivity index (χ2n) is 4.38. The van der Waals surface area contributed by atoms with E-state index >= 15 is 0 Å². The van der Waals surface area contributed by atoms with Crippen LogP contribution >= 0.6 is 0 Å². The number of amides is 1. The molecule has 10 heteroatoms. The maximum atomic E-state index is 13.5. The molecule has 1 amide bonds. The number of aromatic nitrogens is 1. The molecule has 0 atom stereocenters. The van der Waals surface area contributed by atoms with Gasteiger partial charge in [-0.15, -0.1) is 0 Å². The topological polar surface area (TPSA) is 68.3 Å². The normalized spacial score (nSPS) is 10.4. The molecular weight excluding hydrogens is 339 g/mol. The van der Waals surface area contributed by atoms with E-state index in [1.807, 2.05) is 0 Å². The third kappa shape index (κ3) is 3.31. The number of anilines is 1. The second kappa shape index (κ2) is 6.60. The van der Waals surface area contributed by atoms with Gasteiger partial charge in [-0.3, -0.25) is 4.79 Å². The van der Waals surface area contributed by atoms with E-state index in [1.165, 1.54) is 19.1 Å². The van der Waals surface area contributed by atoms with E-state index in [0.29, 0.717) is 0 Å². The Kier molecular flexibility index (Phi) is 4.77. The van der Waals surface area contributed by atoms with Crippen molar-refractivity contribution in [1.82, 2.24) is 4.98 Å². The number of nitrogens with zero attached hydrogens (tertiary/aromatic N) is 1. The van der Waals surface area contributed by atoms with Crippen LogP contribution in [0.15, 0.2) is 18.2 Å². The van der Waals surface area contributed by atoms with Crippen LogP contribution in [0.2, 0.25) is 0 Å². The molecule has 0 fully saturated rings. The highest BCUT2D eigenvalue weighted by atomic mass is 19.2. The summed E-state index contributed by atoms with van der Waals surface area (Å²) in [6.07, 6.45) is 0. The molecule has 0 unspecified atom stereocenters. The predicted octanol–water partition coefficient (Wildman–Crippen LogP) is 2.95. The first-order valence-corrected chi connectivity index (χ1v) is 6.20. The lowest BCUT2D eigenvalue weighted by atomic mass is 10.2. The van der Waals surface area contributed by atoms with Gasteiger partial charge >= 0.3 is 5.97 Å². The zero-order chi connectivity index (χ0) is 18.0. The molecule has 2 aromatic rings. The third-order valence-corrected chi connectivity index (χ3v) is 2.63. The Balaban J connectivity index is 2.36. The monoisotopic (exact) mass is 346 g/mol. The number of carbonyl (C=O) groups is 2. The van der Waals surface area contributed by atoms with Crippen LogP contribution in [-0.4, -0.2) is 16.9 Å². The van der Waals surface area contributed by atoms with Crippen LogP contribution in [0.5, 0.6) is 5.75 Å². The molecule has 0 aliphatic carbocycles. The van der Waals surface area contributed by atoms with E-state index in [4.69, 9.17) is 0 Å². The lowest BCUT2D eigenvalue weighted by molar-refractivity contribution is -0.114. The molecule has 0 bridgehead atoms. The van der Waals surface area contributed by atoms with Crippen LogP contribution in [0, 0.1) is 29.1 Å². The Morgan fingerprint density at radius 3 is 2.04 bits per heavy atom. The van der Waals surface area contributed by atoms with E-state index in [-0.39, 0.29) is 5.82 Å². The molecule has 0 radical (unpaired) electrons. The van der Waals surface area contributed by atoms with Crippen LogP contribution in [0.1, 0.15) is 17.4 Å². The molecule has 126 valence electrons. The van der Waals surface area contributed by atoms with Crippen LogP contribution in [-0.2, 0) is 4.79 Å². The highest BCUT2D eigenvalue weighted by Gasteiger charge is 2.29. The second-order valence-corrected chi connectivity index (χ2v) is 4.38. The summed E-state index contributed by atoms with van der Waals surface area (Å²) in [6.45, 7) is 1.17. The molecule has 1 heterocycles. The number of benzene rings is 1. The fraction of sp³-hybridized carbons (Fsp3) is 0.0714. The molecule has 0 saturated heterocycles. The number of hydrogen-bond donors (Lipinski definition) is 1. The molecule has 0 aliphatic rings. The molecule has 24 heavy (non-hydrogen) atoms. The Morgan fingerprint density at radius 2 is 1.50 bits per heavy atom. The number of pyridine rings is 1. The first kappa shape index (κ1) is 17.3. The van der Waals surface area contributed by atoms with Crippen molar-refractivity contribution in [3.63, 3.8) is 0 Å². The van der Waals surface area contributed by atoms with Gasteiger partial charge in [0.05, 0.1) is 0 Å². The summed E-state index contributed by atoms with van der Waals surface area (Å²) in [7, 11) is 0. The van der Waals surface area contributed by atoms with E-state index in [2.05, 4.69) is 15.0 Å². The minimum atomic E-state index is -2.38. The van der Waals surface area contributed by atoms with E-state index < -0.39 is 52.4 Å². The van der Waals surface area contributed by atoms with Crippen molar-refractivity contribution in [2.24, 2.45) is 0 Å². The van der Waals surface area contributed by atoms with Crippen molar-refractivity contribution in [3.05, 3.63) is 53.0 Å². The zero-order valence-electron chi connectivity index (χ0n) is 11.8. The van der Waals surface area contributed by atoms with Crippen molar-refractivity contribution in [1.29, 1.82) is 0 Å². The summed E-state index contributed by atoms with van der Waals surface area (Å²) in [6, 6.07) is 3.61. The number of carbonyl (C=O) groups excluding carboxylic acids is 2. The first-order chi connectivity index (χ1) is 11.2. The number of rotatable bonds is 3. The minimum Gasteiger partial charge on any atom is -0.415 e. The maximum absolute atomic E-state index is 13.5. The van der Waals surface area contributed by atoms with Crippen molar-refractivity contribution in [2.75, 3.05) is 5.32 Å². The highest BCUT2D eigenvalue weighted by Crippen LogP contribution is 2.29. The molecule has 1 N–H and O–H groups in total. The lowest BCUT2D eigenvalue weighted by Crippen LogP contribution is -2.16. The lowest BCUT2D eigenvalue weighted by Gasteiger charge is -2.09. The molecule has 0 spiro atoms. The molecule has 0 aliphatic heterocycles. The fourth-order valence-corrected chi connectivity index (χ4v) is 1.62. The molecule has 2 rings (SSSR count). The predicted molar refractivity (Wildman–Crippen MR) is 69.7 cm³/mol. The molecule has 5 nitrogen and oxygen atoms in total. The Labute approximate surface area is 131 Å². The van der Waals surface area contributed by atoms with E-state index in [9.17, 15) is 31.5 Å². The van der Waals surface area contributed by atoms with E-state index in [0.717, 1.165) is 6.07 Å². The van der Waals surface area contributed by atoms with E-state index in [1.54, 1.807) is 0 Å². The average Bonchev–Trinajstić information content (AvgIpc) is 2.54. The molecule has 1 aromatic carbocycles. The maximum Gasteiger partial charge on any atom is 0.362 e. The molecule has 0 saturated carbocycles. The van der Waals surface area contributed by atoms with Gasteiger partial charge in [-0.2, -0.15) is 8.78 Å². The number of nitrogens with one attached hydrogen (secondary N) is 1. The van der Waals surface area contributed by atoms with Gasteiger partial charge in [0.25, 0.3) is 0 Å². The van der Waals surface area contributed by atoms with Crippen LogP contribution in [0.4, 0.5) is 27.8 Å². The number of esters is 1. The van der Waals surface area contributed by atoms with Gasteiger partial charge in [0.2, 0.25) is 40.7 Å². The summed E-state index contributed by atoms with van der Waals surface area (Å²) in [5.41, 5.74) is -0.523. The van der Waals surface area contributed by atoms with Gasteiger partial charge in [0.1, 0.15) is 5.82 Å². The summed E-state index contributed by atoms with van der Waals surface area (Å²) in [5.74, 6) is -15.3. The fourth-order valence-electron chi connectivity index (χ4n) is 1.62. The first-order valence-electron chi connectivity index (χ1n) is 6.20. The van der Waals surface area contributed by atoms with Gasteiger partial charge < -0.3 is 10.1 Å². The summed E-state index contributed by atoms with van der Waals surface area (Å²) in [5, 5.41) is 2.24. The van der Waals surface area contributed by atoms with Crippen LogP contribution in [0.25, 0.3) is 0 Å². The van der Waals surface area contributed by atoms with Gasteiger partial charge in [-0.05, 0) is 12.1 Å². The Morgan fingerprint density at radius 1 is 0.958 bits per heavy atom. The smallest absolute Gasteiger partial charge is 0.362 e. The zero-order valence-corrected chi connectivity index (χ0v) is 11.8.